The summed E-state index contributed by atoms with van der Waals surface area (Å²) in [5.74, 6) is -0.790. The number of nitrogens with zero attached hydrogens (tertiary/aromatic N) is 1. The van der Waals surface area contributed by atoms with Gasteiger partial charge in [-0.1, -0.05) is 38.1 Å². The molecule has 7 heteroatoms. The van der Waals surface area contributed by atoms with E-state index in [1.807, 2.05) is 30.3 Å². The number of nitrogens with one attached hydrogen (secondary N) is 2. The van der Waals surface area contributed by atoms with E-state index in [1.54, 1.807) is 25.1 Å². The topological polar surface area (TPSA) is 87.7 Å². The van der Waals surface area contributed by atoms with E-state index in [4.69, 9.17) is 4.74 Å². The third kappa shape index (κ3) is 5.72. The third-order valence-corrected chi connectivity index (χ3v) is 4.83. The molecule has 1 heterocycles. The number of hydrogen-bond acceptors (Lipinski definition) is 5. The second kappa shape index (κ2) is 9.93. The molecule has 1 aliphatic rings. The molecule has 0 bridgehead atoms. The zero-order chi connectivity index (χ0) is 22.4. The Labute approximate surface area is 182 Å². The highest BCUT2D eigenvalue weighted by molar-refractivity contribution is 6.10. The molecule has 0 unspecified atom stereocenters. The highest BCUT2D eigenvalue weighted by Crippen LogP contribution is 2.30. The molecule has 0 fully saturated rings. The number of carbonyl (C=O) groups excluding carboxylic acids is 3. The van der Waals surface area contributed by atoms with Gasteiger partial charge in [0, 0.05) is 17.5 Å². The van der Waals surface area contributed by atoms with Gasteiger partial charge in [0.1, 0.15) is 6.54 Å². The van der Waals surface area contributed by atoms with E-state index in [2.05, 4.69) is 24.5 Å². The summed E-state index contributed by atoms with van der Waals surface area (Å²) < 4.78 is 4.98. The maximum Gasteiger partial charge on any atom is 0.311 e. The lowest BCUT2D eigenvalue weighted by atomic mass is 10.0. The van der Waals surface area contributed by atoms with Crippen molar-refractivity contribution in [3.05, 3.63) is 65.9 Å². The first-order valence-corrected chi connectivity index (χ1v) is 10.3. The quantitative estimate of drug-likeness (QED) is 0.659. The predicted molar refractivity (Wildman–Crippen MR) is 121 cm³/mol. The van der Waals surface area contributed by atoms with Crippen LogP contribution in [-0.2, 0) is 19.1 Å². The van der Waals surface area contributed by atoms with E-state index in [1.165, 1.54) is 11.0 Å². The Morgan fingerprint density at radius 2 is 1.90 bits per heavy atom. The average Bonchev–Trinajstić information content (AvgIpc) is 2.84. The summed E-state index contributed by atoms with van der Waals surface area (Å²) >= 11 is 0. The third-order valence-electron chi connectivity index (χ3n) is 4.83. The standard InChI is InChI=1S/C24H27N3O4/c1-4-31-24(30)14-19-13-23(29)27(21-11-6-5-10-20(21)25-19)15-22(28)26-18-9-7-8-17(12-18)16(2)3/h5-13,16,25H,4,14-15H2,1-3H3,(H,26,28). The molecule has 3 rings (SSSR count). The minimum atomic E-state index is -0.428. The summed E-state index contributed by atoms with van der Waals surface area (Å²) in [6.45, 7) is 6.00. The maximum absolute atomic E-state index is 12.9. The second-order valence-corrected chi connectivity index (χ2v) is 7.55. The molecule has 0 aliphatic carbocycles. The first-order valence-electron chi connectivity index (χ1n) is 10.3. The number of anilines is 3. The molecule has 0 saturated heterocycles. The molecule has 31 heavy (non-hydrogen) atoms. The van der Waals surface area contributed by atoms with Gasteiger partial charge in [-0.25, -0.2) is 0 Å². The average molecular weight is 421 g/mol. The molecule has 0 spiro atoms. The molecule has 0 atom stereocenters. The minimum Gasteiger partial charge on any atom is -0.466 e. The monoisotopic (exact) mass is 421 g/mol. The molecule has 162 valence electrons. The number of carbonyl (C=O) groups is 3. The fraction of sp³-hybridized carbons (Fsp3) is 0.292. The molecular formula is C24H27N3O4. The number of para-hydroxylation sites is 2. The Morgan fingerprint density at radius 3 is 2.65 bits per heavy atom. The Kier molecular flexibility index (Phi) is 7.07. The number of rotatable bonds is 7. The van der Waals surface area contributed by atoms with Crippen LogP contribution in [0, 0.1) is 0 Å². The predicted octanol–water partition coefficient (Wildman–Crippen LogP) is 4.04. The van der Waals surface area contributed by atoms with Gasteiger partial charge in [0.2, 0.25) is 5.91 Å². The van der Waals surface area contributed by atoms with Crippen molar-refractivity contribution in [1.82, 2.24) is 0 Å². The van der Waals surface area contributed by atoms with Crippen molar-refractivity contribution in [2.75, 3.05) is 28.7 Å². The van der Waals surface area contributed by atoms with Crippen LogP contribution in [0.3, 0.4) is 0 Å². The van der Waals surface area contributed by atoms with Crippen LogP contribution in [0.25, 0.3) is 0 Å². The van der Waals surface area contributed by atoms with Crippen LogP contribution < -0.4 is 15.5 Å². The molecule has 2 aromatic carbocycles. The first-order chi connectivity index (χ1) is 14.9. The van der Waals surface area contributed by atoms with Crippen molar-refractivity contribution < 1.29 is 19.1 Å². The van der Waals surface area contributed by atoms with Gasteiger partial charge in [0.25, 0.3) is 5.91 Å². The molecule has 0 aromatic heterocycles. The van der Waals surface area contributed by atoms with Crippen molar-refractivity contribution >= 4 is 34.8 Å². The summed E-state index contributed by atoms with van der Waals surface area (Å²) in [7, 11) is 0. The number of hydrogen-bond donors (Lipinski definition) is 2. The SMILES string of the molecule is CCOC(=O)CC1=CC(=O)N(CC(=O)Nc2cccc(C(C)C)c2)c2ccccc2N1. The van der Waals surface area contributed by atoms with E-state index >= 15 is 0 Å². The Morgan fingerprint density at radius 1 is 1.13 bits per heavy atom. The number of fused-ring (bicyclic) bond motifs is 1. The smallest absolute Gasteiger partial charge is 0.311 e. The lowest BCUT2D eigenvalue weighted by Crippen LogP contribution is -2.37. The number of ether oxygens (including phenoxy) is 1. The Balaban J connectivity index is 1.80. The zero-order valence-electron chi connectivity index (χ0n) is 18.0. The molecule has 1 aliphatic heterocycles. The van der Waals surface area contributed by atoms with Crippen LogP contribution in [0.1, 0.15) is 38.7 Å². The zero-order valence-corrected chi connectivity index (χ0v) is 18.0. The van der Waals surface area contributed by atoms with E-state index < -0.39 is 5.97 Å². The minimum absolute atomic E-state index is 0.0596. The second-order valence-electron chi connectivity index (χ2n) is 7.55. The van der Waals surface area contributed by atoms with Crippen molar-refractivity contribution in [3.8, 4) is 0 Å². The van der Waals surface area contributed by atoms with Gasteiger partial charge >= 0.3 is 5.97 Å². The molecule has 0 saturated carbocycles. The van der Waals surface area contributed by atoms with Crippen molar-refractivity contribution in [2.45, 2.75) is 33.1 Å². The van der Waals surface area contributed by atoms with E-state index in [-0.39, 0.29) is 31.4 Å². The fourth-order valence-corrected chi connectivity index (χ4v) is 3.31. The molecule has 2 amide bonds. The molecular weight excluding hydrogens is 394 g/mol. The highest BCUT2D eigenvalue weighted by Gasteiger charge is 2.25. The lowest BCUT2D eigenvalue weighted by Gasteiger charge is -2.22. The van der Waals surface area contributed by atoms with Crippen LogP contribution in [-0.4, -0.2) is 30.9 Å². The van der Waals surface area contributed by atoms with Crippen LogP contribution in [0.4, 0.5) is 17.1 Å². The summed E-state index contributed by atoms with van der Waals surface area (Å²) in [5.41, 5.74) is 3.42. The summed E-state index contributed by atoms with van der Waals surface area (Å²) in [6, 6.07) is 14.8. The van der Waals surface area contributed by atoms with Crippen LogP contribution in [0.2, 0.25) is 0 Å². The van der Waals surface area contributed by atoms with Crippen molar-refractivity contribution in [3.63, 3.8) is 0 Å². The summed E-state index contributed by atoms with van der Waals surface area (Å²) in [5, 5.41) is 5.99. The molecule has 7 nitrogen and oxygen atoms in total. The Bertz CT molecular complexity index is 1010. The summed E-state index contributed by atoms with van der Waals surface area (Å²) in [6.07, 6.45) is 1.28. The van der Waals surface area contributed by atoms with E-state index in [0.717, 1.165) is 5.56 Å². The van der Waals surface area contributed by atoms with E-state index in [9.17, 15) is 14.4 Å². The van der Waals surface area contributed by atoms with E-state index in [0.29, 0.717) is 28.7 Å². The first kappa shape index (κ1) is 22.1. The Hall–Kier alpha value is -3.61. The normalized spacial score (nSPS) is 13.1. The highest BCUT2D eigenvalue weighted by atomic mass is 16.5. The number of benzene rings is 2. The van der Waals surface area contributed by atoms with Gasteiger partial charge in [-0.15, -0.1) is 0 Å². The van der Waals surface area contributed by atoms with Gasteiger partial charge < -0.3 is 15.4 Å². The summed E-state index contributed by atoms with van der Waals surface area (Å²) in [4.78, 5) is 39.0. The lowest BCUT2D eigenvalue weighted by molar-refractivity contribution is -0.142. The molecule has 2 aromatic rings. The fourth-order valence-electron chi connectivity index (χ4n) is 3.31. The molecule has 2 N–H and O–H groups in total. The molecule has 0 radical (unpaired) electrons. The van der Waals surface area contributed by atoms with Crippen LogP contribution >= 0.6 is 0 Å². The maximum atomic E-state index is 12.9. The van der Waals surface area contributed by atoms with Gasteiger partial charge in [0.15, 0.2) is 0 Å². The largest absolute Gasteiger partial charge is 0.466 e. The van der Waals surface area contributed by atoms with Crippen molar-refractivity contribution in [1.29, 1.82) is 0 Å². The van der Waals surface area contributed by atoms with Gasteiger partial charge in [-0.2, -0.15) is 0 Å². The number of esters is 1. The van der Waals surface area contributed by atoms with Gasteiger partial charge in [-0.3, -0.25) is 19.3 Å². The van der Waals surface area contributed by atoms with Gasteiger partial charge in [-0.05, 0) is 42.7 Å². The number of amides is 2. The van der Waals surface area contributed by atoms with Gasteiger partial charge in [0.05, 0.1) is 24.4 Å². The van der Waals surface area contributed by atoms with Crippen LogP contribution in [0.15, 0.2) is 60.3 Å². The van der Waals surface area contributed by atoms with Crippen molar-refractivity contribution in [2.24, 2.45) is 0 Å². The van der Waals surface area contributed by atoms with Crippen LogP contribution in [0.5, 0.6) is 0 Å².